The SMILES string of the molecule is c1ccc(-c2ccc(-n3c4ccccc4c4ccc(-c5ccc6c(c5)c5ccccc5n6-c5cccc(-c6cc(-c7ccccc7)nc(-c7ccccc7)c6)c5)cc43)cc2)cc1. The topological polar surface area (TPSA) is 22.8 Å². The van der Waals surface area contributed by atoms with E-state index >= 15 is 0 Å². The van der Waals surface area contributed by atoms with E-state index in [1.807, 2.05) is 0 Å². The van der Waals surface area contributed by atoms with Crippen molar-refractivity contribution < 1.29 is 0 Å². The Morgan fingerprint density at radius 3 is 1.34 bits per heavy atom. The summed E-state index contributed by atoms with van der Waals surface area (Å²) in [4.78, 5) is 5.14. The maximum absolute atomic E-state index is 5.14. The minimum absolute atomic E-state index is 0.955. The van der Waals surface area contributed by atoms with Gasteiger partial charge < -0.3 is 9.13 Å². The lowest BCUT2D eigenvalue weighted by Gasteiger charge is -2.13. The first-order chi connectivity index (χ1) is 30.7. The van der Waals surface area contributed by atoms with Gasteiger partial charge >= 0.3 is 0 Å². The van der Waals surface area contributed by atoms with Crippen LogP contribution in [0.5, 0.6) is 0 Å². The van der Waals surface area contributed by atoms with Crippen LogP contribution in [0.1, 0.15) is 0 Å². The van der Waals surface area contributed by atoms with Crippen LogP contribution in [0, 0.1) is 0 Å². The second kappa shape index (κ2) is 14.8. The second-order valence-corrected chi connectivity index (χ2v) is 16.0. The van der Waals surface area contributed by atoms with E-state index in [1.165, 1.54) is 65.9 Å². The van der Waals surface area contributed by atoms with Crippen LogP contribution in [-0.2, 0) is 0 Å². The molecule has 12 aromatic rings. The van der Waals surface area contributed by atoms with Gasteiger partial charge in [0.05, 0.1) is 33.5 Å². The zero-order valence-corrected chi connectivity index (χ0v) is 33.9. The molecule has 3 aromatic heterocycles. The van der Waals surface area contributed by atoms with Crippen molar-refractivity contribution in [2.75, 3.05) is 0 Å². The lowest BCUT2D eigenvalue weighted by atomic mass is 9.99. The average Bonchev–Trinajstić information content (AvgIpc) is 3.87. The zero-order chi connectivity index (χ0) is 41.0. The maximum Gasteiger partial charge on any atom is 0.0715 e. The van der Waals surface area contributed by atoms with Gasteiger partial charge in [-0.1, -0.05) is 170 Å². The Morgan fingerprint density at radius 1 is 0.226 bits per heavy atom. The Bertz CT molecular complexity index is 3540. The molecule has 0 aliphatic carbocycles. The molecule has 0 atom stereocenters. The normalized spacial score (nSPS) is 11.5. The third kappa shape index (κ3) is 6.10. The van der Waals surface area contributed by atoms with Crippen LogP contribution < -0.4 is 0 Å². The van der Waals surface area contributed by atoms with E-state index in [1.54, 1.807) is 0 Å². The van der Waals surface area contributed by atoms with Crippen LogP contribution in [0.25, 0.3) is 111 Å². The summed E-state index contributed by atoms with van der Waals surface area (Å²) in [6.07, 6.45) is 0. The average molecular weight is 790 g/mol. The fraction of sp³-hybridized carbons (Fsp3) is 0. The van der Waals surface area contributed by atoms with Crippen LogP contribution >= 0.6 is 0 Å². The minimum atomic E-state index is 0.955. The predicted molar refractivity (Wildman–Crippen MR) is 260 cm³/mol. The van der Waals surface area contributed by atoms with Crippen molar-refractivity contribution in [2.24, 2.45) is 0 Å². The summed E-state index contributed by atoms with van der Waals surface area (Å²) in [5.41, 5.74) is 18.2. The number of hydrogen-bond donors (Lipinski definition) is 0. The maximum atomic E-state index is 5.14. The van der Waals surface area contributed by atoms with Gasteiger partial charge in [0.25, 0.3) is 0 Å². The summed E-state index contributed by atoms with van der Waals surface area (Å²) < 4.78 is 4.82. The van der Waals surface area contributed by atoms with Crippen molar-refractivity contribution in [3.63, 3.8) is 0 Å². The second-order valence-electron chi connectivity index (χ2n) is 16.0. The fourth-order valence-electron chi connectivity index (χ4n) is 9.33. The Hall–Kier alpha value is -8.27. The third-order valence-corrected chi connectivity index (χ3v) is 12.3. The summed E-state index contributed by atoms with van der Waals surface area (Å²) >= 11 is 0. The number of para-hydroxylation sites is 2. The molecule has 3 heteroatoms. The molecule has 0 aliphatic heterocycles. The van der Waals surface area contributed by atoms with E-state index in [2.05, 4.69) is 246 Å². The largest absolute Gasteiger partial charge is 0.309 e. The Labute approximate surface area is 360 Å². The van der Waals surface area contributed by atoms with Crippen molar-refractivity contribution in [1.82, 2.24) is 14.1 Å². The highest BCUT2D eigenvalue weighted by atomic mass is 15.0. The van der Waals surface area contributed by atoms with Crippen LogP contribution in [0.15, 0.2) is 237 Å². The van der Waals surface area contributed by atoms with Gasteiger partial charge in [0.15, 0.2) is 0 Å². The molecule has 0 saturated heterocycles. The smallest absolute Gasteiger partial charge is 0.0715 e. The number of nitrogens with zero attached hydrogens (tertiary/aromatic N) is 3. The minimum Gasteiger partial charge on any atom is -0.309 e. The third-order valence-electron chi connectivity index (χ3n) is 12.3. The molecule has 9 aromatic carbocycles. The van der Waals surface area contributed by atoms with E-state index in [9.17, 15) is 0 Å². The molecule has 3 nitrogen and oxygen atoms in total. The summed E-state index contributed by atoms with van der Waals surface area (Å²) in [5.74, 6) is 0. The Kier molecular flexibility index (Phi) is 8.50. The molecule has 3 heterocycles. The summed E-state index contributed by atoms with van der Waals surface area (Å²) in [7, 11) is 0. The number of pyridine rings is 1. The summed E-state index contributed by atoms with van der Waals surface area (Å²) in [6.45, 7) is 0. The van der Waals surface area contributed by atoms with Gasteiger partial charge in [-0.15, -0.1) is 0 Å². The van der Waals surface area contributed by atoms with E-state index in [-0.39, 0.29) is 0 Å². The van der Waals surface area contributed by atoms with Crippen molar-refractivity contribution in [3.8, 4) is 67.3 Å². The molecular formula is C59H39N3. The van der Waals surface area contributed by atoms with E-state index in [0.29, 0.717) is 0 Å². The van der Waals surface area contributed by atoms with Crippen molar-refractivity contribution in [2.45, 2.75) is 0 Å². The molecule has 62 heavy (non-hydrogen) atoms. The van der Waals surface area contributed by atoms with Gasteiger partial charge in [0.1, 0.15) is 0 Å². The molecule has 0 fully saturated rings. The van der Waals surface area contributed by atoms with Crippen LogP contribution in [-0.4, -0.2) is 14.1 Å². The van der Waals surface area contributed by atoms with Crippen molar-refractivity contribution >= 4 is 43.6 Å². The van der Waals surface area contributed by atoms with Crippen LogP contribution in [0.3, 0.4) is 0 Å². The van der Waals surface area contributed by atoms with E-state index < -0.39 is 0 Å². The number of rotatable bonds is 7. The predicted octanol–water partition coefficient (Wildman–Crippen LogP) is 15.6. The van der Waals surface area contributed by atoms with Gasteiger partial charge in [0, 0.05) is 44.0 Å². The van der Waals surface area contributed by atoms with E-state index in [0.717, 1.165) is 45.0 Å². The first-order valence-corrected chi connectivity index (χ1v) is 21.2. The lowest BCUT2D eigenvalue weighted by Crippen LogP contribution is -1.95. The molecule has 0 radical (unpaired) electrons. The summed E-state index contributed by atoms with van der Waals surface area (Å²) in [6, 6.07) is 85.2. The van der Waals surface area contributed by atoms with E-state index in [4.69, 9.17) is 4.98 Å². The fourth-order valence-corrected chi connectivity index (χ4v) is 9.33. The highest BCUT2D eigenvalue weighted by Crippen LogP contribution is 2.39. The molecule has 0 spiro atoms. The molecule has 290 valence electrons. The molecule has 0 unspecified atom stereocenters. The number of benzene rings is 9. The molecular weight excluding hydrogens is 751 g/mol. The quantitative estimate of drug-likeness (QED) is 0.158. The van der Waals surface area contributed by atoms with Crippen molar-refractivity contribution in [1.29, 1.82) is 0 Å². The van der Waals surface area contributed by atoms with Gasteiger partial charge in [-0.05, 0) is 100 Å². The Balaban J connectivity index is 0.974. The number of hydrogen-bond acceptors (Lipinski definition) is 1. The number of fused-ring (bicyclic) bond motifs is 6. The van der Waals surface area contributed by atoms with Gasteiger partial charge in [-0.2, -0.15) is 0 Å². The van der Waals surface area contributed by atoms with Crippen LogP contribution in [0.2, 0.25) is 0 Å². The lowest BCUT2D eigenvalue weighted by molar-refractivity contribution is 1.18. The first kappa shape index (κ1) is 35.7. The Morgan fingerprint density at radius 2 is 0.677 bits per heavy atom. The van der Waals surface area contributed by atoms with Crippen LogP contribution in [0.4, 0.5) is 0 Å². The highest BCUT2D eigenvalue weighted by molar-refractivity contribution is 6.12. The van der Waals surface area contributed by atoms with Gasteiger partial charge in [0.2, 0.25) is 0 Å². The number of aromatic nitrogens is 3. The summed E-state index contributed by atoms with van der Waals surface area (Å²) in [5, 5.41) is 4.95. The monoisotopic (exact) mass is 789 g/mol. The first-order valence-electron chi connectivity index (χ1n) is 21.2. The molecule has 0 bridgehead atoms. The van der Waals surface area contributed by atoms with Crippen molar-refractivity contribution in [3.05, 3.63) is 237 Å². The van der Waals surface area contributed by atoms with Gasteiger partial charge in [-0.25, -0.2) is 4.98 Å². The molecule has 12 rings (SSSR count). The molecule has 0 amide bonds. The molecule has 0 saturated carbocycles. The van der Waals surface area contributed by atoms with Gasteiger partial charge in [-0.3, -0.25) is 0 Å². The standard InChI is InChI=1S/C59H39N3/c1-4-15-40(16-5-1)41-27-31-48(32-28-41)61-56-25-12-10-23-50(56)52-33-29-46(39-59(52)61)45-30-34-58-53(36-45)51-24-11-13-26-57(51)62(58)49-22-14-21-44(35-49)47-37-54(42-17-6-2-7-18-42)60-55(38-47)43-19-8-3-9-20-43/h1-39H. The highest BCUT2D eigenvalue weighted by Gasteiger charge is 2.17. The molecule has 0 N–H and O–H groups in total. The molecule has 0 aliphatic rings. The zero-order valence-electron chi connectivity index (χ0n) is 33.9.